The average Bonchev–Trinajstić information content (AvgIpc) is 3.34. The number of aromatic nitrogens is 5. The first-order valence-corrected chi connectivity index (χ1v) is 12.9. The topological polar surface area (TPSA) is 79.7 Å². The number of nitrogens with zero attached hydrogens (tertiary/aromatic N) is 5. The highest BCUT2D eigenvalue weighted by Gasteiger charge is 2.31. The summed E-state index contributed by atoms with van der Waals surface area (Å²) < 4.78 is 1.97. The van der Waals surface area contributed by atoms with Crippen LogP contribution >= 0.6 is 0 Å². The summed E-state index contributed by atoms with van der Waals surface area (Å²) in [6, 6.07) is 16.7. The smallest absolute Gasteiger partial charge is 0.252 e. The van der Waals surface area contributed by atoms with Crippen molar-refractivity contribution in [2.45, 2.75) is 85.5 Å². The molecular formula is C29H38N6O. The van der Waals surface area contributed by atoms with E-state index < -0.39 is 0 Å². The van der Waals surface area contributed by atoms with Gasteiger partial charge in [0.1, 0.15) is 0 Å². The number of aromatic amines is 1. The molecule has 36 heavy (non-hydrogen) atoms. The molecule has 4 aromatic rings. The quantitative estimate of drug-likeness (QED) is 0.305. The second kappa shape index (κ2) is 10.7. The summed E-state index contributed by atoms with van der Waals surface area (Å²) in [5, 5.41) is 14.1. The fourth-order valence-electron chi connectivity index (χ4n) is 4.89. The Kier molecular flexibility index (Phi) is 7.69. The number of rotatable bonds is 10. The Morgan fingerprint density at radius 2 is 1.81 bits per heavy atom. The van der Waals surface area contributed by atoms with E-state index >= 15 is 0 Å². The van der Waals surface area contributed by atoms with Crippen LogP contribution in [0.5, 0.6) is 0 Å². The first-order valence-electron chi connectivity index (χ1n) is 12.9. The standard InChI is InChI=1S/C29H38N6O/c1-7-12-25(27-31-32-33-35(27)29(5,6)8-2)34(18-22-13-10-9-11-14-22)19-24-17-23-16-20(3)15-21(4)26(23)30-28(24)36/h9-11,13-17,25H,7-8,12,18-19H2,1-6H3,(H,30,36)/t25-/m0/s1. The van der Waals surface area contributed by atoms with Crippen LogP contribution in [-0.4, -0.2) is 30.1 Å². The third-order valence-electron chi connectivity index (χ3n) is 7.21. The highest BCUT2D eigenvalue weighted by molar-refractivity contribution is 5.82. The molecule has 0 aliphatic heterocycles. The van der Waals surface area contributed by atoms with E-state index in [-0.39, 0.29) is 17.1 Å². The lowest BCUT2D eigenvalue weighted by Gasteiger charge is -2.33. The minimum atomic E-state index is -0.210. The predicted molar refractivity (Wildman–Crippen MR) is 145 cm³/mol. The van der Waals surface area contributed by atoms with E-state index in [2.05, 4.69) is 96.4 Å². The van der Waals surface area contributed by atoms with Crippen molar-refractivity contribution in [3.63, 3.8) is 0 Å². The van der Waals surface area contributed by atoms with E-state index in [1.165, 1.54) is 11.1 Å². The summed E-state index contributed by atoms with van der Waals surface area (Å²) in [5.41, 5.74) is 4.86. The van der Waals surface area contributed by atoms with Gasteiger partial charge in [-0.15, -0.1) is 5.10 Å². The third kappa shape index (κ3) is 5.41. The highest BCUT2D eigenvalue weighted by Crippen LogP contribution is 2.31. The van der Waals surface area contributed by atoms with Crippen molar-refractivity contribution in [3.05, 3.63) is 87.0 Å². The Morgan fingerprint density at radius 3 is 2.50 bits per heavy atom. The molecule has 0 aliphatic carbocycles. The molecule has 2 heterocycles. The van der Waals surface area contributed by atoms with Crippen LogP contribution < -0.4 is 5.56 Å². The van der Waals surface area contributed by atoms with E-state index in [1.54, 1.807) is 0 Å². The summed E-state index contributed by atoms with van der Waals surface area (Å²) in [5.74, 6) is 0.850. The molecule has 1 atom stereocenters. The monoisotopic (exact) mass is 486 g/mol. The van der Waals surface area contributed by atoms with Crippen molar-refractivity contribution in [3.8, 4) is 0 Å². The van der Waals surface area contributed by atoms with Gasteiger partial charge in [-0.25, -0.2) is 4.68 Å². The number of tetrazole rings is 1. The van der Waals surface area contributed by atoms with Crippen molar-refractivity contribution in [2.75, 3.05) is 0 Å². The third-order valence-corrected chi connectivity index (χ3v) is 7.21. The minimum Gasteiger partial charge on any atom is -0.321 e. The average molecular weight is 487 g/mol. The van der Waals surface area contributed by atoms with Gasteiger partial charge in [0.15, 0.2) is 5.82 Å². The van der Waals surface area contributed by atoms with Gasteiger partial charge in [0.2, 0.25) is 0 Å². The highest BCUT2D eigenvalue weighted by atomic mass is 16.1. The Balaban J connectivity index is 1.81. The molecule has 0 unspecified atom stereocenters. The summed E-state index contributed by atoms with van der Waals surface area (Å²) >= 11 is 0. The van der Waals surface area contributed by atoms with Crippen LogP contribution in [0.2, 0.25) is 0 Å². The predicted octanol–water partition coefficient (Wildman–Crippen LogP) is 5.82. The number of H-pyrrole nitrogens is 1. The fourth-order valence-corrected chi connectivity index (χ4v) is 4.89. The van der Waals surface area contributed by atoms with Crippen LogP contribution in [0.3, 0.4) is 0 Å². The first-order chi connectivity index (χ1) is 17.2. The molecule has 0 saturated carbocycles. The van der Waals surface area contributed by atoms with Gasteiger partial charge in [-0.05, 0) is 79.6 Å². The molecule has 190 valence electrons. The summed E-state index contributed by atoms with van der Waals surface area (Å²) in [6.07, 6.45) is 2.77. The van der Waals surface area contributed by atoms with Gasteiger partial charge in [0.05, 0.1) is 17.1 Å². The van der Waals surface area contributed by atoms with Gasteiger partial charge in [-0.2, -0.15) is 0 Å². The van der Waals surface area contributed by atoms with E-state index in [4.69, 9.17) is 0 Å². The van der Waals surface area contributed by atoms with Crippen LogP contribution in [0, 0.1) is 13.8 Å². The lowest BCUT2D eigenvalue weighted by atomic mass is 10.00. The van der Waals surface area contributed by atoms with E-state index in [9.17, 15) is 4.79 Å². The molecule has 0 spiro atoms. The molecule has 1 N–H and O–H groups in total. The number of fused-ring (bicyclic) bond motifs is 1. The lowest BCUT2D eigenvalue weighted by Crippen LogP contribution is -2.36. The van der Waals surface area contributed by atoms with Crippen molar-refractivity contribution >= 4 is 10.9 Å². The number of pyridine rings is 1. The SMILES string of the molecule is CCC[C@@H](c1nnnn1C(C)(C)CC)N(Cc1ccccc1)Cc1cc2cc(C)cc(C)c2[nH]c1=O. The molecule has 2 aromatic heterocycles. The molecule has 0 radical (unpaired) electrons. The zero-order valence-electron chi connectivity index (χ0n) is 22.4. The second-order valence-electron chi connectivity index (χ2n) is 10.5. The Morgan fingerprint density at radius 1 is 1.06 bits per heavy atom. The fraction of sp³-hybridized carbons (Fsp3) is 0.448. The maximum Gasteiger partial charge on any atom is 0.252 e. The van der Waals surface area contributed by atoms with Gasteiger partial charge >= 0.3 is 0 Å². The zero-order chi connectivity index (χ0) is 25.9. The molecule has 0 aliphatic rings. The normalized spacial score (nSPS) is 13.0. The van der Waals surface area contributed by atoms with Crippen LogP contribution in [0.25, 0.3) is 10.9 Å². The number of benzene rings is 2. The number of hydrogen-bond donors (Lipinski definition) is 1. The number of aryl methyl sites for hydroxylation is 2. The molecule has 0 bridgehead atoms. The maximum atomic E-state index is 13.3. The number of nitrogens with one attached hydrogen (secondary N) is 1. The molecule has 0 fully saturated rings. The molecular weight excluding hydrogens is 448 g/mol. The second-order valence-corrected chi connectivity index (χ2v) is 10.5. The van der Waals surface area contributed by atoms with E-state index in [1.807, 2.05) is 23.7 Å². The van der Waals surface area contributed by atoms with Crippen molar-refractivity contribution in [2.24, 2.45) is 0 Å². The van der Waals surface area contributed by atoms with E-state index in [0.29, 0.717) is 13.1 Å². The van der Waals surface area contributed by atoms with Gasteiger partial charge in [-0.3, -0.25) is 9.69 Å². The summed E-state index contributed by atoms with van der Waals surface area (Å²) in [6.45, 7) is 14.0. The molecule has 4 rings (SSSR count). The Labute approximate surface area is 213 Å². The van der Waals surface area contributed by atoms with Gasteiger partial charge in [0, 0.05) is 18.7 Å². The van der Waals surface area contributed by atoms with Crippen LogP contribution in [0.15, 0.2) is 53.3 Å². The van der Waals surface area contributed by atoms with Crippen LogP contribution in [-0.2, 0) is 18.6 Å². The van der Waals surface area contributed by atoms with Gasteiger partial charge in [-0.1, -0.05) is 62.2 Å². The summed E-state index contributed by atoms with van der Waals surface area (Å²) in [4.78, 5) is 18.8. The van der Waals surface area contributed by atoms with Gasteiger partial charge < -0.3 is 4.98 Å². The first kappa shape index (κ1) is 25.8. The Bertz CT molecular complexity index is 1370. The van der Waals surface area contributed by atoms with Crippen molar-refractivity contribution in [1.29, 1.82) is 0 Å². The summed E-state index contributed by atoms with van der Waals surface area (Å²) in [7, 11) is 0. The zero-order valence-corrected chi connectivity index (χ0v) is 22.4. The maximum absolute atomic E-state index is 13.3. The minimum absolute atomic E-state index is 0.0367. The van der Waals surface area contributed by atoms with Gasteiger partial charge in [0.25, 0.3) is 5.56 Å². The largest absolute Gasteiger partial charge is 0.321 e. The van der Waals surface area contributed by atoms with Crippen LogP contribution in [0.1, 0.15) is 81.1 Å². The molecule has 2 aromatic carbocycles. The number of hydrogen-bond acceptors (Lipinski definition) is 5. The molecule has 7 nitrogen and oxygen atoms in total. The van der Waals surface area contributed by atoms with E-state index in [0.717, 1.165) is 47.1 Å². The Hall–Kier alpha value is -3.32. The molecule has 0 amide bonds. The van der Waals surface area contributed by atoms with Crippen LogP contribution in [0.4, 0.5) is 0 Å². The molecule has 7 heteroatoms. The van der Waals surface area contributed by atoms with Crippen molar-refractivity contribution in [1.82, 2.24) is 30.1 Å². The molecule has 0 saturated heterocycles. The van der Waals surface area contributed by atoms with Crippen molar-refractivity contribution < 1.29 is 0 Å². The lowest BCUT2D eigenvalue weighted by molar-refractivity contribution is 0.145.